The lowest BCUT2D eigenvalue weighted by atomic mass is 10.2. The Morgan fingerprint density at radius 1 is 1.69 bits per heavy atom. The van der Waals surface area contributed by atoms with Gasteiger partial charge in [-0.15, -0.1) is 0 Å². The fourth-order valence-corrected chi connectivity index (χ4v) is 2.26. The normalized spacial score (nSPS) is 26.4. The number of aryl methyl sites for hydroxylation is 1. The van der Waals surface area contributed by atoms with Crippen LogP contribution in [0.3, 0.4) is 0 Å². The molecule has 16 heavy (non-hydrogen) atoms. The highest BCUT2D eigenvalue weighted by Crippen LogP contribution is 2.22. The zero-order valence-electron chi connectivity index (χ0n) is 9.74. The average molecular weight is 227 g/mol. The number of hydrogen-bond donors (Lipinski definition) is 1. The van der Waals surface area contributed by atoms with E-state index >= 15 is 0 Å². The first-order valence-electron chi connectivity index (χ1n) is 5.64. The largest absolute Gasteiger partial charge is 0.360 e. The van der Waals surface area contributed by atoms with E-state index < -0.39 is 6.17 Å². The molecule has 90 valence electrons. The first-order valence-corrected chi connectivity index (χ1v) is 5.64. The first-order chi connectivity index (χ1) is 7.69. The molecule has 2 heterocycles. The number of nitrogens with one attached hydrogen (secondary N) is 1. The Kier molecular flexibility index (Phi) is 3.56. The van der Waals surface area contributed by atoms with Crippen molar-refractivity contribution in [3.8, 4) is 0 Å². The monoisotopic (exact) mass is 227 g/mol. The Hall–Kier alpha value is -0.940. The lowest BCUT2D eigenvalue weighted by Gasteiger charge is -2.22. The Bertz CT molecular complexity index is 342. The van der Waals surface area contributed by atoms with Crippen molar-refractivity contribution in [2.45, 2.75) is 32.1 Å². The summed E-state index contributed by atoms with van der Waals surface area (Å²) in [7, 11) is 1.89. The Morgan fingerprint density at radius 2 is 2.50 bits per heavy atom. The number of halogens is 1. The van der Waals surface area contributed by atoms with Crippen LogP contribution in [-0.4, -0.2) is 42.4 Å². The molecule has 0 spiro atoms. The van der Waals surface area contributed by atoms with Gasteiger partial charge in [-0.3, -0.25) is 4.90 Å². The minimum Gasteiger partial charge on any atom is -0.360 e. The molecule has 0 aromatic carbocycles. The summed E-state index contributed by atoms with van der Waals surface area (Å²) in [6, 6.07) is 2.16. The molecule has 1 aromatic heterocycles. The highest BCUT2D eigenvalue weighted by Gasteiger charge is 2.32. The van der Waals surface area contributed by atoms with Crippen LogP contribution in [-0.2, 0) is 6.54 Å². The van der Waals surface area contributed by atoms with Crippen LogP contribution in [0.1, 0.15) is 17.9 Å². The minimum atomic E-state index is -0.720. The standard InChI is InChI=1S/C11H18FN3O/c1-8-3-11(16-14-8)7-15-6-9(12)4-10(15)5-13-2/h3,9-10,13H,4-7H2,1-2H3. The predicted molar refractivity (Wildman–Crippen MR) is 58.9 cm³/mol. The fraction of sp³-hybridized carbons (Fsp3) is 0.727. The third-order valence-corrected chi connectivity index (χ3v) is 2.95. The topological polar surface area (TPSA) is 41.3 Å². The lowest BCUT2D eigenvalue weighted by molar-refractivity contribution is 0.206. The van der Waals surface area contributed by atoms with Crippen molar-refractivity contribution in [2.24, 2.45) is 0 Å². The third-order valence-electron chi connectivity index (χ3n) is 2.95. The maximum atomic E-state index is 13.3. The molecular weight excluding hydrogens is 209 g/mol. The smallest absolute Gasteiger partial charge is 0.150 e. The van der Waals surface area contributed by atoms with Gasteiger partial charge in [0.05, 0.1) is 12.2 Å². The van der Waals surface area contributed by atoms with Gasteiger partial charge in [0.1, 0.15) is 6.17 Å². The van der Waals surface area contributed by atoms with Gasteiger partial charge in [-0.05, 0) is 20.4 Å². The van der Waals surface area contributed by atoms with E-state index in [0.29, 0.717) is 19.5 Å². The highest BCUT2D eigenvalue weighted by molar-refractivity contribution is 5.04. The van der Waals surface area contributed by atoms with E-state index in [2.05, 4.69) is 15.4 Å². The molecule has 4 nitrogen and oxygen atoms in total. The van der Waals surface area contributed by atoms with Crippen LogP contribution < -0.4 is 5.32 Å². The van der Waals surface area contributed by atoms with E-state index in [1.807, 2.05) is 20.0 Å². The maximum Gasteiger partial charge on any atom is 0.150 e. The van der Waals surface area contributed by atoms with Crippen LogP contribution in [0.25, 0.3) is 0 Å². The quantitative estimate of drug-likeness (QED) is 0.836. The molecule has 1 saturated heterocycles. The average Bonchev–Trinajstić information content (AvgIpc) is 2.76. The third kappa shape index (κ3) is 2.59. The van der Waals surface area contributed by atoms with Crippen molar-refractivity contribution in [2.75, 3.05) is 20.1 Å². The molecule has 2 unspecified atom stereocenters. The number of likely N-dealkylation sites (tertiary alicyclic amines) is 1. The summed E-state index contributed by atoms with van der Waals surface area (Å²) in [5.74, 6) is 0.813. The zero-order chi connectivity index (χ0) is 11.5. The van der Waals surface area contributed by atoms with Crippen molar-refractivity contribution >= 4 is 0 Å². The summed E-state index contributed by atoms with van der Waals surface area (Å²) in [4.78, 5) is 2.11. The molecule has 1 fully saturated rings. The lowest BCUT2D eigenvalue weighted by Crippen LogP contribution is -2.36. The molecule has 0 bridgehead atoms. The van der Waals surface area contributed by atoms with E-state index in [-0.39, 0.29) is 6.04 Å². The van der Waals surface area contributed by atoms with Crippen molar-refractivity contribution in [1.82, 2.24) is 15.4 Å². The summed E-state index contributed by atoms with van der Waals surface area (Å²) in [5.41, 5.74) is 0.871. The van der Waals surface area contributed by atoms with Gasteiger partial charge in [0.15, 0.2) is 5.76 Å². The van der Waals surface area contributed by atoms with Gasteiger partial charge in [0.25, 0.3) is 0 Å². The molecule has 0 aliphatic carbocycles. The summed E-state index contributed by atoms with van der Waals surface area (Å²) in [6.45, 7) is 3.84. The second-order valence-electron chi connectivity index (χ2n) is 4.41. The molecule has 1 N–H and O–H groups in total. The van der Waals surface area contributed by atoms with E-state index in [9.17, 15) is 4.39 Å². The number of hydrogen-bond acceptors (Lipinski definition) is 4. The Labute approximate surface area is 94.8 Å². The molecule has 0 radical (unpaired) electrons. The fourth-order valence-electron chi connectivity index (χ4n) is 2.26. The van der Waals surface area contributed by atoms with E-state index in [0.717, 1.165) is 18.0 Å². The Balaban J connectivity index is 1.97. The van der Waals surface area contributed by atoms with Gasteiger partial charge in [-0.2, -0.15) is 0 Å². The summed E-state index contributed by atoms with van der Waals surface area (Å²) in [5, 5.41) is 6.93. The van der Waals surface area contributed by atoms with Gasteiger partial charge in [-0.25, -0.2) is 4.39 Å². The van der Waals surface area contributed by atoms with Crippen LogP contribution in [0.5, 0.6) is 0 Å². The van der Waals surface area contributed by atoms with E-state index in [1.165, 1.54) is 0 Å². The van der Waals surface area contributed by atoms with Crippen LogP contribution in [0.2, 0.25) is 0 Å². The number of likely N-dealkylation sites (N-methyl/N-ethyl adjacent to an activating group) is 1. The summed E-state index contributed by atoms with van der Waals surface area (Å²) >= 11 is 0. The second kappa shape index (κ2) is 4.93. The molecule has 0 amide bonds. The van der Waals surface area contributed by atoms with Crippen molar-refractivity contribution < 1.29 is 8.91 Å². The number of alkyl halides is 1. The first kappa shape index (κ1) is 11.5. The molecular formula is C11H18FN3O. The highest BCUT2D eigenvalue weighted by atomic mass is 19.1. The second-order valence-corrected chi connectivity index (χ2v) is 4.41. The molecule has 1 aliphatic rings. The SMILES string of the molecule is CNCC1CC(F)CN1Cc1cc(C)no1. The minimum absolute atomic E-state index is 0.255. The van der Waals surface area contributed by atoms with Crippen molar-refractivity contribution in [3.05, 3.63) is 17.5 Å². The van der Waals surface area contributed by atoms with Crippen LogP contribution in [0.4, 0.5) is 4.39 Å². The maximum absolute atomic E-state index is 13.3. The molecule has 2 atom stereocenters. The van der Waals surface area contributed by atoms with E-state index in [4.69, 9.17) is 4.52 Å². The number of aromatic nitrogens is 1. The van der Waals surface area contributed by atoms with Gasteiger partial charge >= 0.3 is 0 Å². The molecule has 2 rings (SSSR count). The van der Waals surface area contributed by atoms with E-state index in [1.54, 1.807) is 0 Å². The molecule has 1 aromatic rings. The number of rotatable bonds is 4. The molecule has 5 heteroatoms. The molecule has 0 saturated carbocycles. The van der Waals surface area contributed by atoms with Crippen LogP contribution >= 0.6 is 0 Å². The summed E-state index contributed by atoms with van der Waals surface area (Å²) < 4.78 is 18.5. The van der Waals surface area contributed by atoms with Gasteiger partial charge < -0.3 is 9.84 Å². The van der Waals surface area contributed by atoms with Gasteiger partial charge in [-0.1, -0.05) is 5.16 Å². The molecule has 1 aliphatic heterocycles. The van der Waals surface area contributed by atoms with Gasteiger partial charge in [0.2, 0.25) is 0 Å². The van der Waals surface area contributed by atoms with Crippen LogP contribution in [0.15, 0.2) is 10.6 Å². The van der Waals surface area contributed by atoms with Crippen LogP contribution in [0, 0.1) is 6.92 Å². The summed E-state index contributed by atoms with van der Waals surface area (Å²) in [6.07, 6.45) is -0.115. The predicted octanol–water partition coefficient (Wildman–Crippen LogP) is 1.11. The number of nitrogens with zero attached hydrogens (tertiary/aromatic N) is 2. The van der Waals surface area contributed by atoms with Crippen molar-refractivity contribution in [3.63, 3.8) is 0 Å². The zero-order valence-corrected chi connectivity index (χ0v) is 9.74. The Morgan fingerprint density at radius 3 is 3.12 bits per heavy atom. The van der Waals surface area contributed by atoms with Gasteiger partial charge in [0, 0.05) is 25.2 Å². The van der Waals surface area contributed by atoms with Crippen molar-refractivity contribution in [1.29, 1.82) is 0 Å².